The Balaban J connectivity index is 1.25. The fraction of sp³-hybridized carbons (Fsp3) is 0.593. The summed E-state index contributed by atoms with van der Waals surface area (Å²) in [5, 5.41) is 8.71. The van der Waals surface area contributed by atoms with Crippen LogP contribution < -0.4 is 9.64 Å². The smallest absolute Gasteiger partial charge is 0.132 e. The monoisotopic (exact) mass is 477 g/mol. The van der Waals surface area contributed by atoms with Crippen LogP contribution in [-0.4, -0.2) is 87.9 Å². The van der Waals surface area contributed by atoms with E-state index in [0.717, 1.165) is 66.0 Å². The Morgan fingerprint density at radius 3 is 2.63 bits per heavy atom. The molecule has 0 spiro atoms. The lowest BCUT2D eigenvalue weighted by molar-refractivity contribution is 0.133. The first-order valence-corrected chi connectivity index (χ1v) is 13.1. The van der Waals surface area contributed by atoms with Crippen molar-refractivity contribution in [2.24, 2.45) is 5.92 Å². The molecule has 2 saturated heterocycles. The molecule has 2 fully saturated rings. The lowest BCUT2D eigenvalue weighted by Crippen LogP contribution is -2.54. The fourth-order valence-electron chi connectivity index (χ4n) is 5.27. The molecular formula is C27H39N7O. The highest BCUT2D eigenvalue weighted by Crippen LogP contribution is 2.30. The van der Waals surface area contributed by atoms with Crippen LogP contribution in [0.3, 0.4) is 0 Å². The van der Waals surface area contributed by atoms with Crippen LogP contribution >= 0.6 is 0 Å². The second kappa shape index (κ2) is 10.5. The molecule has 2 aromatic heterocycles. The number of nitrogens with zero attached hydrogens (tertiary/aromatic N) is 6. The number of rotatable bonds is 7. The van der Waals surface area contributed by atoms with Crippen LogP contribution in [0.25, 0.3) is 22.3 Å². The topological polar surface area (TPSA) is 73.4 Å². The molecule has 0 saturated carbocycles. The van der Waals surface area contributed by atoms with Crippen molar-refractivity contribution in [3.63, 3.8) is 0 Å². The van der Waals surface area contributed by atoms with Crippen LogP contribution in [0.15, 0.2) is 30.6 Å². The normalized spacial score (nSPS) is 20.7. The number of fused-ring (bicyclic) bond motifs is 1. The van der Waals surface area contributed by atoms with E-state index in [4.69, 9.17) is 4.74 Å². The first-order valence-electron chi connectivity index (χ1n) is 13.1. The van der Waals surface area contributed by atoms with Crippen molar-refractivity contribution in [1.82, 2.24) is 30.0 Å². The van der Waals surface area contributed by atoms with Crippen molar-refractivity contribution in [3.05, 3.63) is 30.6 Å². The summed E-state index contributed by atoms with van der Waals surface area (Å²) in [4.78, 5) is 16.8. The van der Waals surface area contributed by atoms with E-state index >= 15 is 0 Å². The first-order chi connectivity index (χ1) is 17.0. The Labute approximate surface area is 208 Å². The van der Waals surface area contributed by atoms with Gasteiger partial charge in [0.25, 0.3) is 0 Å². The molecule has 0 unspecified atom stereocenters. The van der Waals surface area contributed by atoms with Crippen LogP contribution in [0.2, 0.25) is 0 Å². The zero-order valence-corrected chi connectivity index (χ0v) is 21.6. The molecule has 1 atom stereocenters. The van der Waals surface area contributed by atoms with Crippen LogP contribution in [0, 0.1) is 5.92 Å². The van der Waals surface area contributed by atoms with Crippen LogP contribution in [0.4, 0.5) is 5.82 Å². The van der Waals surface area contributed by atoms with Gasteiger partial charge in [0, 0.05) is 50.2 Å². The highest BCUT2D eigenvalue weighted by molar-refractivity contribution is 5.93. The number of nitrogens with one attached hydrogen (secondary N) is 1. The SMILES string of the molecule is CC1CCN(CCN2CCN(c3cc(-c4n[nH]c5ccc(OC(C)C)cc45)ncn3)C[C@@H]2C)CC1. The average molecular weight is 478 g/mol. The molecule has 3 aromatic rings. The number of aromatic nitrogens is 4. The highest BCUT2D eigenvalue weighted by atomic mass is 16.5. The molecule has 0 radical (unpaired) electrons. The van der Waals surface area contributed by atoms with Gasteiger partial charge in [0.05, 0.1) is 17.3 Å². The zero-order chi connectivity index (χ0) is 24.4. The molecule has 35 heavy (non-hydrogen) atoms. The Hall–Kier alpha value is -2.71. The number of aromatic amines is 1. The van der Waals surface area contributed by atoms with Crippen LogP contribution in [-0.2, 0) is 0 Å². The van der Waals surface area contributed by atoms with E-state index in [1.165, 1.54) is 32.5 Å². The van der Waals surface area contributed by atoms with Crippen molar-refractivity contribution in [2.45, 2.75) is 52.7 Å². The number of H-pyrrole nitrogens is 1. The third-order valence-corrected chi connectivity index (χ3v) is 7.47. The molecule has 2 aliphatic heterocycles. The minimum absolute atomic E-state index is 0.123. The van der Waals surface area contributed by atoms with Gasteiger partial charge < -0.3 is 14.5 Å². The second-order valence-electron chi connectivity index (χ2n) is 10.6. The maximum absolute atomic E-state index is 5.90. The minimum atomic E-state index is 0.123. The standard InChI is InChI=1S/C27H39N7O/c1-19(2)35-22-5-6-24-23(15-22)27(31-30-24)25-16-26(29-18-28-25)34-14-13-33(21(4)17-34)12-11-32-9-7-20(3)8-10-32/h5-6,15-16,18-21H,7-14,17H2,1-4H3,(H,30,31)/t21-/m0/s1. The van der Waals surface area contributed by atoms with Gasteiger partial charge in [-0.25, -0.2) is 9.97 Å². The van der Waals surface area contributed by atoms with E-state index < -0.39 is 0 Å². The molecule has 188 valence electrons. The van der Waals surface area contributed by atoms with Gasteiger partial charge in [0.15, 0.2) is 0 Å². The molecule has 2 aliphatic rings. The predicted molar refractivity (Wildman–Crippen MR) is 141 cm³/mol. The van der Waals surface area contributed by atoms with Crippen molar-refractivity contribution >= 4 is 16.7 Å². The van der Waals surface area contributed by atoms with Crippen LogP contribution in [0.5, 0.6) is 5.75 Å². The van der Waals surface area contributed by atoms with E-state index in [1.807, 2.05) is 32.0 Å². The van der Waals surface area contributed by atoms with Gasteiger partial charge in [-0.3, -0.25) is 10.00 Å². The zero-order valence-electron chi connectivity index (χ0n) is 21.6. The quantitative estimate of drug-likeness (QED) is 0.550. The second-order valence-corrected chi connectivity index (χ2v) is 10.6. The summed E-state index contributed by atoms with van der Waals surface area (Å²) < 4.78 is 5.90. The maximum atomic E-state index is 5.90. The van der Waals surface area contributed by atoms with Gasteiger partial charge in [0.2, 0.25) is 0 Å². The summed E-state index contributed by atoms with van der Waals surface area (Å²) in [6.07, 6.45) is 4.47. The lowest BCUT2D eigenvalue weighted by Gasteiger charge is -2.41. The minimum Gasteiger partial charge on any atom is -0.491 e. The van der Waals surface area contributed by atoms with Gasteiger partial charge in [0.1, 0.15) is 23.6 Å². The Morgan fingerprint density at radius 2 is 1.86 bits per heavy atom. The summed E-state index contributed by atoms with van der Waals surface area (Å²) >= 11 is 0. The Morgan fingerprint density at radius 1 is 1.03 bits per heavy atom. The number of hydrogen-bond acceptors (Lipinski definition) is 7. The van der Waals surface area contributed by atoms with E-state index in [1.54, 1.807) is 6.33 Å². The predicted octanol–water partition coefficient (Wildman–Crippen LogP) is 4.05. The van der Waals surface area contributed by atoms with Crippen molar-refractivity contribution in [1.29, 1.82) is 0 Å². The number of likely N-dealkylation sites (tertiary alicyclic amines) is 1. The van der Waals surface area contributed by atoms with Gasteiger partial charge in [-0.2, -0.15) is 5.10 Å². The number of benzene rings is 1. The number of anilines is 1. The van der Waals surface area contributed by atoms with Gasteiger partial charge >= 0.3 is 0 Å². The molecule has 0 amide bonds. The van der Waals surface area contributed by atoms with Crippen molar-refractivity contribution < 1.29 is 4.74 Å². The van der Waals surface area contributed by atoms with Crippen molar-refractivity contribution in [3.8, 4) is 17.1 Å². The summed E-state index contributed by atoms with van der Waals surface area (Å²) in [6.45, 7) is 16.6. The molecule has 0 aliphatic carbocycles. The molecular weight excluding hydrogens is 438 g/mol. The number of piperazine rings is 1. The van der Waals surface area contributed by atoms with E-state index in [0.29, 0.717) is 6.04 Å². The number of piperidine rings is 1. The van der Waals surface area contributed by atoms with Crippen LogP contribution in [0.1, 0.15) is 40.5 Å². The molecule has 4 heterocycles. The molecule has 8 nitrogen and oxygen atoms in total. The third kappa shape index (κ3) is 5.59. The summed E-state index contributed by atoms with van der Waals surface area (Å²) in [5.41, 5.74) is 2.64. The summed E-state index contributed by atoms with van der Waals surface area (Å²) in [5.74, 6) is 2.70. The average Bonchev–Trinajstić information content (AvgIpc) is 3.27. The molecule has 0 bridgehead atoms. The Bertz CT molecular complexity index is 1120. The first kappa shape index (κ1) is 24.0. The molecule has 5 rings (SSSR count). The largest absolute Gasteiger partial charge is 0.491 e. The van der Waals surface area contributed by atoms with Gasteiger partial charge in [-0.1, -0.05) is 6.92 Å². The maximum Gasteiger partial charge on any atom is 0.132 e. The van der Waals surface area contributed by atoms with E-state index in [9.17, 15) is 0 Å². The van der Waals surface area contributed by atoms with Gasteiger partial charge in [-0.05, 0) is 70.8 Å². The van der Waals surface area contributed by atoms with Crippen molar-refractivity contribution in [2.75, 3.05) is 50.7 Å². The lowest BCUT2D eigenvalue weighted by atomic mass is 9.99. The third-order valence-electron chi connectivity index (χ3n) is 7.47. The van der Waals surface area contributed by atoms with Gasteiger partial charge in [-0.15, -0.1) is 0 Å². The molecule has 1 aromatic carbocycles. The summed E-state index contributed by atoms with van der Waals surface area (Å²) in [7, 11) is 0. The number of ether oxygens (including phenoxy) is 1. The fourth-order valence-corrected chi connectivity index (χ4v) is 5.27. The van der Waals surface area contributed by atoms with E-state index in [-0.39, 0.29) is 6.10 Å². The molecule has 8 heteroatoms. The van der Waals surface area contributed by atoms with E-state index in [2.05, 4.69) is 54.8 Å². The highest BCUT2D eigenvalue weighted by Gasteiger charge is 2.26. The number of hydrogen-bond donors (Lipinski definition) is 1. The summed E-state index contributed by atoms with van der Waals surface area (Å²) in [6, 6.07) is 8.59. The molecule has 1 N–H and O–H groups in total. The Kier molecular flexibility index (Phi) is 7.20.